The first kappa shape index (κ1) is 28.3. The number of fused-ring (bicyclic) bond motifs is 2. The second kappa shape index (κ2) is 12.5. The molecular formula is C34H32N4O4. The van der Waals surface area contributed by atoms with E-state index in [4.69, 9.17) is 9.47 Å². The summed E-state index contributed by atoms with van der Waals surface area (Å²) in [5, 5.41) is 11.3. The van der Waals surface area contributed by atoms with Crippen molar-refractivity contribution in [2.75, 3.05) is 14.2 Å². The quantitative estimate of drug-likeness (QED) is 0.207. The maximum atomic E-state index is 11.8. The third-order valence-electron chi connectivity index (χ3n) is 7.14. The number of carbonyl (C=O) groups is 2. The third-order valence-corrected chi connectivity index (χ3v) is 7.14. The molecule has 0 aliphatic heterocycles. The fraction of sp³-hybridized carbons (Fsp3) is 0.176. The van der Waals surface area contributed by atoms with Gasteiger partial charge in [-0.05, 0) is 26.0 Å². The van der Waals surface area contributed by atoms with Gasteiger partial charge in [-0.1, -0.05) is 97.1 Å². The van der Waals surface area contributed by atoms with Crippen LogP contribution in [0.25, 0.3) is 44.3 Å². The predicted molar refractivity (Wildman–Crippen MR) is 164 cm³/mol. The first-order valence-corrected chi connectivity index (χ1v) is 13.7. The van der Waals surface area contributed by atoms with E-state index in [9.17, 15) is 9.59 Å². The summed E-state index contributed by atoms with van der Waals surface area (Å²) in [6, 6.07) is 34.8. The lowest BCUT2D eigenvalue weighted by Gasteiger charge is -2.10. The Morgan fingerprint density at radius 3 is 1.24 bits per heavy atom. The van der Waals surface area contributed by atoms with Crippen molar-refractivity contribution in [1.29, 1.82) is 0 Å². The zero-order chi connectivity index (χ0) is 29.6. The minimum Gasteiger partial charge on any atom is -0.467 e. The molecule has 0 saturated carbocycles. The summed E-state index contributed by atoms with van der Waals surface area (Å²) < 4.78 is 13.1. The van der Waals surface area contributed by atoms with Crippen molar-refractivity contribution < 1.29 is 19.1 Å². The molecule has 0 spiro atoms. The van der Waals surface area contributed by atoms with E-state index in [1.54, 1.807) is 23.2 Å². The molecule has 0 aliphatic carbocycles. The fourth-order valence-corrected chi connectivity index (χ4v) is 4.93. The van der Waals surface area contributed by atoms with Crippen LogP contribution in [-0.2, 0) is 19.1 Å². The molecule has 4 aromatic carbocycles. The van der Waals surface area contributed by atoms with Crippen LogP contribution in [0.5, 0.6) is 0 Å². The Morgan fingerprint density at radius 1 is 0.548 bits per heavy atom. The van der Waals surface area contributed by atoms with E-state index in [2.05, 4.69) is 10.2 Å². The molecule has 2 atom stereocenters. The van der Waals surface area contributed by atoms with E-state index in [0.29, 0.717) is 0 Å². The highest BCUT2D eigenvalue weighted by atomic mass is 16.5. The van der Waals surface area contributed by atoms with Crippen molar-refractivity contribution in [3.8, 4) is 22.5 Å². The topological polar surface area (TPSA) is 88.2 Å². The lowest BCUT2D eigenvalue weighted by atomic mass is 10.1. The second-order valence-corrected chi connectivity index (χ2v) is 9.75. The summed E-state index contributed by atoms with van der Waals surface area (Å²) in [5.41, 5.74) is 5.67. The molecule has 0 fully saturated rings. The molecule has 2 aromatic heterocycles. The Hall–Kier alpha value is -5.24. The molecule has 0 aliphatic rings. The van der Waals surface area contributed by atoms with Crippen LogP contribution in [0.3, 0.4) is 0 Å². The summed E-state index contributed by atoms with van der Waals surface area (Å²) in [4.78, 5) is 23.6. The molecule has 0 unspecified atom stereocenters. The molecule has 8 heteroatoms. The van der Waals surface area contributed by atoms with Gasteiger partial charge in [0.1, 0.15) is 23.5 Å². The van der Waals surface area contributed by atoms with Gasteiger partial charge in [0.2, 0.25) is 0 Å². The minimum atomic E-state index is -0.461. The van der Waals surface area contributed by atoms with E-state index < -0.39 is 12.1 Å². The normalized spacial score (nSPS) is 12.3. The zero-order valence-corrected chi connectivity index (χ0v) is 24.0. The van der Waals surface area contributed by atoms with E-state index in [1.165, 1.54) is 14.2 Å². The number of hydrogen-bond donors (Lipinski definition) is 0. The molecule has 42 heavy (non-hydrogen) atoms. The molecular weight excluding hydrogens is 528 g/mol. The van der Waals surface area contributed by atoms with Crippen LogP contribution >= 0.6 is 0 Å². The highest BCUT2D eigenvalue weighted by Crippen LogP contribution is 2.31. The van der Waals surface area contributed by atoms with Crippen LogP contribution in [0.15, 0.2) is 109 Å². The zero-order valence-electron chi connectivity index (χ0n) is 24.0. The van der Waals surface area contributed by atoms with Crippen molar-refractivity contribution in [3.63, 3.8) is 0 Å². The molecule has 6 rings (SSSR count). The summed E-state index contributed by atoms with van der Waals surface area (Å²) in [5.74, 6) is -0.606. The summed E-state index contributed by atoms with van der Waals surface area (Å²) in [6.07, 6.45) is 0. The number of aromatic nitrogens is 4. The van der Waals surface area contributed by atoms with Crippen LogP contribution in [-0.4, -0.2) is 45.7 Å². The largest absolute Gasteiger partial charge is 0.467 e. The molecule has 212 valence electrons. The number of carbonyl (C=O) groups excluding carboxylic acids is 2. The Balaban J connectivity index is 0.000000168. The average molecular weight is 561 g/mol. The lowest BCUT2D eigenvalue weighted by Crippen LogP contribution is -2.18. The van der Waals surface area contributed by atoms with Gasteiger partial charge in [0.15, 0.2) is 0 Å². The molecule has 0 amide bonds. The van der Waals surface area contributed by atoms with Crippen LogP contribution in [0.4, 0.5) is 0 Å². The predicted octanol–water partition coefficient (Wildman–Crippen LogP) is 6.87. The third kappa shape index (κ3) is 5.51. The maximum Gasteiger partial charge on any atom is 0.330 e. The summed E-state index contributed by atoms with van der Waals surface area (Å²) in [7, 11) is 2.78. The number of ether oxygens (including phenoxy) is 2. The summed E-state index contributed by atoms with van der Waals surface area (Å²) >= 11 is 0. The van der Waals surface area contributed by atoms with Crippen molar-refractivity contribution >= 4 is 33.7 Å². The number of nitrogens with zero attached hydrogens (tertiary/aromatic N) is 4. The number of esters is 2. The molecule has 6 aromatic rings. The number of rotatable bonds is 6. The van der Waals surface area contributed by atoms with E-state index in [0.717, 1.165) is 44.3 Å². The van der Waals surface area contributed by atoms with Gasteiger partial charge in [-0.2, -0.15) is 10.2 Å². The van der Waals surface area contributed by atoms with Gasteiger partial charge in [-0.15, -0.1) is 0 Å². The SMILES string of the molecule is COC(=O)[C@@H](C)n1nc(-c2ccccc2)c2ccccc21.COC(=O)[C@H](C)n1nc(-c2ccccc2)c2ccccc21. The molecule has 0 radical (unpaired) electrons. The molecule has 0 N–H and O–H groups in total. The van der Waals surface area contributed by atoms with Gasteiger partial charge in [0, 0.05) is 21.9 Å². The Bertz CT molecular complexity index is 1690. The lowest BCUT2D eigenvalue weighted by molar-refractivity contribution is -0.145. The molecule has 0 bridgehead atoms. The smallest absolute Gasteiger partial charge is 0.330 e. The van der Waals surface area contributed by atoms with E-state index >= 15 is 0 Å². The van der Waals surface area contributed by atoms with Gasteiger partial charge in [-0.25, -0.2) is 9.59 Å². The number of para-hydroxylation sites is 2. The van der Waals surface area contributed by atoms with Gasteiger partial charge < -0.3 is 9.47 Å². The van der Waals surface area contributed by atoms with Crippen molar-refractivity contribution in [1.82, 2.24) is 19.6 Å². The second-order valence-electron chi connectivity index (χ2n) is 9.75. The van der Waals surface area contributed by atoms with Crippen molar-refractivity contribution in [2.24, 2.45) is 0 Å². The Morgan fingerprint density at radius 2 is 0.881 bits per heavy atom. The fourth-order valence-electron chi connectivity index (χ4n) is 4.93. The van der Waals surface area contributed by atoms with Gasteiger partial charge >= 0.3 is 11.9 Å². The number of methoxy groups -OCH3 is 2. The average Bonchev–Trinajstić information content (AvgIpc) is 3.64. The van der Waals surface area contributed by atoms with E-state index in [1.807, 2.05) is 109 Å². The van der Waals surface area contributed by atoms with Gasteiger partial charge in [-0.3, -0.25) is 9.36 Å². The van der Waals surface area contributed by atoms with Crippen LogP contribution in [0, 0.1) is 0 Å². The molecule has 2 heterocycles. The Kier molecular flexibility index (Phi) is 8.43. The standard InChI is InChI=1S/2C17H16N2O2/c2*1-12(17(20)21-2)19-15-11-7-6-10-14(15)16(18-19)13-8-4-3-5-9-13/h2*3-12H,1-2H3/t2*12-/m10/s1. The Labute approximate surface area is 244 Å². The van der Waals surface area contributed by atoms with E-state index in [-0.39, 0.29) is 11.9 Å². The van der Waals surface area contributed by atoms with Crippen molar-refractivity contribution in [2.45, 2.75) is 25.9 Å². The monoisotopic (exact) mass is 560 g/mol. The molecule has 8 nitrogen and oxygen atoms in total. The highest BCUT2D eigenvalue weighted by molar-refractivity contribution is 5.95. The van der Waals surface area contributed by atoms with Crippen molar-refractivity contribution in [3.05, 3.63) is 109 Å². The van der Waals surface area contributed by atoms with Crippen LogP contribution in [0.2, 0.25) is 0 Å². The first-order valence-electron chi connectivity index (χ1n) is 13.7. The van der Waals surface area contributed by atoms with Gasteiger partial charge in [0.25, 0.3) is 0 Å². The summed E-state index contributed by atoms with van der Waals surface area (Å²) in [6.45, 7) is 3.58. The first-order chi connectivity index (χ1) is 20.4. The number of benzene rings is 4. The van der Waals surface area contributed by atoms with Crippen LogP contribution in [0.1, 0.15) is 25.9 Å². The number of hydrogen-bond acceptors (Lipinski definition) is 6. The van der Waals surface area contributed by atoms with Crippen LogP contribution < -0.4 is 0 Å². The highest BCUT2D eigenvalue weighted by Gasteiger charge is 2.22. The molecule has 0 saturated heterocycles. The minimum absolute atomic E-state index is 0.303. The maximum absolute atomic E-state index is 11.8. The van der Waals surface area contributed by atoms with Gasteiger partial charge in [0.05, 0.1) is 25.3 Å².